The van der Waals surface area contributed by atoms with Crippen LogP contribution in [0.4, 0.5) is 13.2 Å². The molecule has 8 nitrogen and oxygen atoms in total. The monoisotopic (exact) mass is 468 g/mol. The zero-order valence-electron chi connectivity index (χ0n) is 17.9. The number of hydrogen-bond acceptors (Lipinski definition) is 9. The number of alkyl halides is 3. The lowest BCUT2D eigenvalue weighted by Gasteiger charge is -2.13. The summed E-state index contributed by atoms with van der Waals surface area (Å²) in [4.78, 5) is 12.5. The van der Waals surface area contributed by atoms with Crippen molar-refractivity contribution in [3.05, 3.63) is 34.5 Å². The number of rotatable bonds is 16. The van der Waals surface area contributed by atoms with Crippen molar-refractivity contribution in [3.63, 3.8) is 0 Å². The molecule has 0 bridgehead atoms. The first-order chi connectivity index (χ1) is 14.8. The molecular weight excluding hydrogens is 437 g/mol. The van der Waals surface area contributed by atoms with Crippen LogP contribution in [0.25, 0.3) is 0 Å². The first kappa shape index (κ1) is 27.6. The van der Waals surface area contributed by atoms with Crippen molar-refractivity contribution in [2.75, 3.05) is 46.3 Å². The second-order valence-corrected chi connectivity index (χ2v) is 7.65. The molecule has 1 heterocycles. The molecule has 0 unspecified atom stereocenters. The van der Waals surface area contributed by atoms with Crippen LogP contribution < -0.4 is 11.0 Å². The van der Waals surface area contributed by atoms with Crippen molar-refractivity contribution < 1.29 is 32.4 Å². The van der Waals surface area contributed by atoms with E-state index in [1.807, 2.05) is 17.9 Å². The molecule has 0 radical (unpaired) electrons. The highest BCUT2D eigenvalue weighted by atomic mass is 32.2. The molecule has 1 aliphatic rings. The van der Waals surface area contributed by atoms with Crippen molar-refractivity contribution in [1.82, 2.24) is 15.9 Å². The standard InChI is InChI=1S/C19H31F3N4O4S/c1-4-18(31-19(20,21)22)7-5-6-16(2)12-28-13-17(29-23-3)8-9-24-30-25-14-26-10-11-27-15-26/h4,6,8,24-25H,3,5,7,9-15H2,1-2H3/b16-6+,17-8-,18-4+. The fourth-order valence-corrected chi connectivity index (χ4v) is 3.02. The number of hydroxylamine groups is 2. The molecule has 0 saturated carbocycles. The van der Waals surface area contributed by atoms with Crippen LogP contribution in [0, 0.1) is 0 Å². The van der Waals surface area contributed by atoms with Gasteiger partial charge in [-0.05, 0) is 49.4 Å². The molecule has 12 heteroatoms. The van der Waals surface area contributed by atoms with E-state index < -0.39 is 5.51 Å². The molecule has 0 amide bonds. The summed E-state index contributed by atoms with van der Waals surface area (Å²) in [6.45, 7) is 10.3. The molecule has 0 aromatic carbocycles. The zero-order valence-corrected chi connectivity index (χ0v) is 18.7. The Labute approximate surface area is 185 Å². The molecule has 1 rings (SSSR count). The predicted octanol–water partition coefficient (Wildman–Crippen LogP) is 3.68. The molecule has 1 aliphatic heterocycles. The first-order valence-corrected chi connectivity index (χ1v) is 10.5. The topological polar surface area (TPSA) is 76.6 Å². The van der Waals surface area contributed by atoms with Gasteiger partial charge in [0.2, 0.25) is 0 Å². The predicted molar refractivity (Wildman–Crippen MR) is 115 cm³/mol. The van der Waals surface area contributed by atoms with Gasteiger partial charge >= 0.3 is 5.51 Å². The van der Waals surface area contributed by atoms with Crippen molar-refractivity contribution in [1.29, 1.82) is 0 Å². The lowest BCUT2D eigenvalue weighted by Crippen LogP contribution is -2.36. The minimum Gasteiger partial charge on any atom is -0.369 e. The van der Waals surface area contributed by atoms with E-state index in [1.165, 1.54) is 6.08 Å². The van der Waals surface area contributed by atoms with Gasteiger partial charge in [0, 0.05) is 19.8 Å². The van der Waals surface area contributed by atoms with Crippen molar-refractivity contribution >= 4 is 18.5 Å². The van der Waals surface area contributed by atoms with E-state index in [-0.39, 0.29) is 18.4 Å². The lowest BCUT2D eigenvalue weighted by atomic mass is 10.2. The third-order valence-corrected chi connectivity index (χ3v) is 4.81. The van der Waals surface area contributed by atoms with Crippen LogP contribution in [0.2, 0.25) is 0 Å². The van der Waals surface area contributed by atoms with Gasteiger partial charge in [-0.1, -0.05) is 22.9 Å². The average molecular weight is 469 g/mol. The number of thioether (sulfide) groups is 1. The molecule has 31 heavy (non-hydrogen) atoms. The van der Waals surface area contributed by atoms with E-state index >= 15 is 0 Å². The summed E-state index contributed by atoms with van der Waals surface area (Å²) in [6, 6.07) is 0. The van der Waals surface area contributed by atoms with E-state index in [0.717, 1.165) is 18.7 Å². The van der Waals surface area contributed by atoms with Crippen LogP contribution in [0.5, 0.6) is 0 Å². The molecule has 2 N–H and O–H groups in total. The van der Waals surface area contributed by atoms with E-state index in [2.05, 4.69) is 22.8 Å². The Balaban J connectivity index is 2.22. The Morgan fingerprint density at radius 3 is 2.74 bits per heavy atom. The minimum atomic E-state index is -4.26. The maximum Gasteiger partial charge on any atom is 0.446 e. The molecule has 0 atom stereocenters. The fourth-order valence-electron chi connectivity index (χ4n) is 2.39. The third kappa shape index (κ3) is 15.1. The van der Waals surface area contributed by atoms with E-state index in [1.54, 1.807) is 13.0 Å². The van der Waals surface area contributed by atoms with Gasteiger partial charge in [0.25, 0.3) is 0 Å². The van der Waals surface area contributed by atoms with Gasteiger partial charge in [-0.15, -0.1) is 0 Å². The smallest absolute Gasteiger partial charge is 0.369 e. The van der Waals surface area contributed by atoms with Crippen LogP contribution in [0.15, 0.2) is 39.6 Å². The van der Waals surface area contributed by atoms with Gasteiger partial charge in [0.05, 0.1) is 19.9 Å². The van der Waals surface area contributed by atoms with E-state index in [0.29, 0.717) is 50.1 Å². The molecular formula is C19H31F3N4O4S. The van der Waals surface area contributed by atoms with Crippen LogP contribution in [-0.2, 0) is 19.2 Å². The maximum absolute atomic E-state index is 12.4. The van der Waals surface area contributed by atoms with Crippen LogP contribution in [0.1, 0.15) is 26.7 Å². The highest BCUT2D eigenvalue weighted by Gasteiger charge is 2.29. The quantitative estimate of drug-likeness (QED) is 0.117. The fraction of sp³-hybridized carbons (Fsp3) is 0.632. The summed E-state index contributed by atoms with van der Waals surface area (Å²) in [6.07, 6.45) is 5.88. The summed E-state index contributed by atoms with van der Waals surface area (Å²) in [5.74, 6) is 0.449. The van der Waals surface area contributed by atoms with Gasteiger partial charge in [-0.25, -0.2) is 4.94 Å². The maximum atomic E-state index is 12.4. The summed E-state index contributed by atoms with van der Waals surface area (Å²) in [5.41, 5.74) is 2.12. The van der Waals surface area contributed by atoms with Gasteiger partial charge in [-0.3, -0.25) is 4.90 Å². The minimum absolute atomic E-state index is 0.0688. The number of allylic oxidation sites excluding steroid dienone is 3. The Morgan fingerprint density at radius 1 is 1.29 bits per heavy atom. The Morgan fingerprint density at radius 2 is 2.10 bits per heavy atom. The number of ether oxygens (including phenoxy) is 2. The Kier molecular flexibility index (Phi) is 14.5. The van der Waals surface area contributed by atoms with Crippen LogP contribution in [0.3, 0.4) is 0 Å². The lowest BCUT2D eigenvalue weighted by molar-refractivity contribution is -0.0557. The zero-order chi connectivity index (χ0) is 23.0. The summed E-state index contributed by atoms with van der Waals surface area (Å²) in [5, 5.41) is 3.39. The molecule has 0 aliphatic carbocycles. The van der Waals surface area contributed by atoms with E-state index in [9.17, 15) is 13.2 Å². The number of nitrogens with one attached hydrogen (secondary N) is 2. The van der Waals surface area contributed by atoms with Crippen LogP contribution >= 0.6 is 11.8 Å². The summed E-state index contributed by atoms with van der Waals surface area (Å²) in [7, 11) is 0. The SMILES string of the molecule is C=NO/C(=C\CNONCN1CCOC1)COC/C(C)=C/CC/C(=C\C)SC(F)(F)F. The van der Waals surface area contributed by atoms with E-state index in [4.69, 9.17) is 19.2 Å². The number of hydrogen-bond donors (Lipinski definition) is 2. The second kappa shape index (κ2) is 16.3. The average Bonchev–Trinajstić information content (AvgIpc) is 3.22. The number of nitrogens with zero attached hydrogens (tertiary/aromatic N) is 2. The molecule has 0 aromatic rings. The second-order valence-electron chi connectivity index (χ2n) is 6.46. The van der Waals surface area contributed by atoms with Gasteiger partial charge in [0.1, 0.15) is 13.3 Å². The summed E-state index contributed by atoms with van der Waals surface area (Å²) < 4.78 is 48.1. The highest BCUT2D eigenvalue weighted by molar-refractivity contribution is 8.03. The number of oxime groups is 1. The molecule has 0 spiro atoms. The normalized spacial score (nSPS) is 16.7. The summed E-state index contributed by atoms with van der Waals surface area (Å²) >= 11 is -0.0688. The van der Waals surface area contributed by atoms with Gasteiger partial charge in [0.15, 0.2) is 5.76 Å². The third-order valence-electron chi connectivity index (χ3n) is 3.88. The Bertz CT molecular complexity index is 609. The molecule has 0 aromatic heterocycles. The van der Waals surface area contributed by atoms with Gasteiger partial charge < -0.3 is 14.3 Å². The van der Waals surface area contributed by atoms with Crippen molar-refractivity contribution in [2.45, 2.75) is 32.2 Å². The highest BCUT2D eigenvalue weighted by Crippen LogP contribution is 2.38. The van der Waals surface area contributed by atoms with Crippen molar-refractivity contribution in [2.24, 2.45) is 5.16 Å². The van der Waals surface area contributed by atoms with Crippen LogP contribution in [-0.4, -0.2) is 63.4 Å². The number of halogens is 3. The Hall–Kier alpha value is -1.41. The first-order valence-electron chi connectivity index (χ1n) is 9.72. The molecule has 1 fully saturated rings. The van der Waals surface area contributed by atoms with Gasteiger partial charge in [-0.2, -0.15) is 24.1 Å². The molecule has 1 saturated heterocycles. The molecule has 178 valence electrons. The largest absolute Gasteiger partial charge is 0.446 e. The van der Waals surface area contributed by atoms with Crippen molar-refractivity contribution in [3.8, 4) is 0 Å².